The van der Waals surface area contributed by atoms with Crippen molar-refractivity contribution in [3.63, 3.8) is 0 Å². The molecule has 0 fully saturated rings. The number of hydrogen-bond acceptors (Lipinski definition) is 6. The second kappa shape index (κ2) is 60.4. The van der Waals surface area contributed by atoms with Gasteiger partial charge < -0.3 is 14.2 Å². The zero-order valence-electron chi connectivity index (χ0n) is 47.4. The van der Waals surface area contributed by atoms with E-state index >= 15 is 0 Å². The van der Waals surface area contributed by atoms with E-state index in [9.17, 15) is 14.4 Å². The molecule has 1 atom stereocenters. The van der Waals surface area contributed by atoms with Crippen LogP contribution < -0.4 is 0 Å². The molecule has 0 aromatic carbocycles. The molecule has 0 rings (SSSR count). The molecule has 6 heteroatoms. The van der Waals surface area contributed by atoms with Gasteiger partial charge in [0.1, 0.15) is 13.2 Å². The molecule has 0 saturated heterocycles. The Morgan fingerprint density at radius 2 is 0.534 bits per heavy atom. The highest BCUT2D eigenvalue weighted by Gasteiger charge is 2.19. The van der Waals surface area contributed by atoms with Gasteiger partial charge in [-0.3, -0.25) is 14.4 Å². The first-order chi connectivity index (χ1) is 36.0. The molecule has 0 heterocycles. The molecular weight excluding hydrogens is 901 g/mol. The predicted molar refractivity (Wildman–Crippen MR) is 316 cm³/mol. The summed E-state index contributed by atoms with van der Waals surface area (Å²) < 4.78 is 16.8. The van der Waals surface area contributed by atoms with E-state index in [0.717, 1.165) is 116 Å². The van der Waals surface area contributed by atoms with Crippen LogP contribution in [0.5, 0.6) is 0 Å². The van der Waals surface area contributed by atoms with Crippen LogP contribution in [0.15, 0.2) is 122 Å². The lowest BCUT2D eigenvalue weighted by molar-refractivity contribution is -0.167. The summed E-state index contributed by atoms with van der Waals surface area (Å²) in [5, 5.41) is 0. The molecule has 0 spiro atoms. The largest absolute Gasteiger partial charge is 0.462 e. The van der Waals surface area contributed by atoms with Gasteiger partial charge in [0.25, 0.3) is 0 Å². The van der Waals surface area contributed by atoms with E-state index in [2.05, 4.69) is 142 Å². The zero-order chi connectivity index (χ0) is 52.9. The number of rotatable bonds is 53. The summed E-state index contributed by atoms with van der Waals surface area (Å²) in [4.78, 5) is 38.1. The van der Waals surface area contributed by atoms with Gasteiger partial charge in [-0.2, -0.15) is 0 Å². The van der Waals surface area contributed by atoms with Crippen molar-refractivity contribution in [2.45, 2.75) is 271 Å². The fraction of sp³-hybridized carbons (Fsp3) is 0.657. The van der Waals surface area contributed by atoms with Crippen molar-refractivity contribution in [1.82, 2.24) is 0 Å². The Bertz CT molecular complexity index is 1540. The minimum Gasteiger partial charge on any atom is -0.462 e. The highest BCUT2D eigenvalue weighted by atomic mass is 16.6. The van der Waals surface area contributed by atoms with Crippen LogP contribution in [0, 0.1) is 0 Å². The van der Waals surface area contributed by atoms with Gasteiger partial charge in [0.2, 0.25) is 0 Å². The average molecular weight is 1010 g/mol. The van der Waals surface area contributed by atoms with Gasteiger partial charge in [0.05, 0.1) is 0 Å². The topological polar surface area (TPSA) is 78.9 Å². The van der Waals surface area contributed by atoms with E-state index < -0.39 is 6.10 Å². The Balaban J connectivity index is 4.34. The number of esters is 3. The van der Waals surface area contributed by atoms with Crippen LogP contribution in [-0.2, 0) is 28.6 Å². The summed E-state index contributed by atoms with van der Waals surface area (Å²) in [7, 11) is 0. The standard InChI is InChI=1S/C67H110O6/c1-4-7-10-13-16-19-22-25-27-28-29-30-31-32-33-34-35-36-37-38-40-42-45-48-51-54-57-60-66(69)72-63-64(62-71-65(68)59-56-53-50-47-44-41-24-21-18-15-12-9-6-3)73-67(70)61-58-55-52-49-46-43-39-26-23-20-17-14-11-8-5-2/h8-9,11-12,17-18,20-22,25-26,28-29,31-32,39,41,44,46,49,64H,4-7,10,13-16,19,23-24,27,30,33-38,40,42-43,45,47-48,50-63H2,1-3H3/b11-8-,12-9-,20-17-,21-18-,25-22-,29-28-,32-31-,39-26-,44-41-,49-46-. The Morgan fingerprint density at radius 3 is 0.877 bits per heavy atom. The van der Waals surface area contributed by atoms with Crippen molar-refractivity contribution < 1.29 is 28.6 Å². The summed E-state index contributed by atoms with van der Waals surface area (Å²) in [5.41, 5.74) is 0. The molecule has 0 radical (unpaired) electrons. The van der Waals surface area contributed by atoms with Crippen LogP contribution in [0.2, 0.25) is 0 Å². The van der Waals surface area contributed by atoms with E-state index in [1.165, 1.54) is 103 Å². The van der Waals surface area contributed by atoms with Gasteiger partial charge in [0, 0.05) is 19.3 Å². The lowest BCUT2D eigenvalue weighted by atomic mass is 10.0. The number of allylic oxidation sites excluding steroid dienone is 20. The maximum Gasteiger partial charge on any atom is 0.306 e. The van der Waals surface area contributed by atoms with Gasteiger partial charge in [-0.1, -0.05) is 239 Å². The normalized spacial score (nSPS) is 13.0. The minimum absolute atomic E-state index is 0.108. The molecule has 6 nitrogen and oxygen atoms in total. The van der Waals surface area contributed by atoms with Crippen molar-refractivity contribution >= 4 is 17.9 Å². The van der Waals surface area contributed by atoms with E-state index in [0.29, 0.717) is 19.3 Å². The summed E-state index contributed by atoms with van der Waals surface area (Å²) in [6.07, 6.45) is 83.5. The first kappa shape index (κ1) is 68.8. The number of unbranched alkanes of at least 4 members (excludes halogenated alkanes) is 22. The molecule has 0 aromatic rings. The SMILES string of the molecule is CC/C=C\C/C=C\C/C=C\C/C=C\CCCCC(=O)OC(COC(=O)CCCCC/C=C\C/C=C\C/C=C\CC)COC(=O)CCCCCCCCCCCCCC/C=C\C/C=C\C/C=C\CCCCCCC. The summed E-state index contributed by atoms with van der Waals surface area (Å²) in [5.74, 6) is -0.983. The number of hydrogen-bond donors (Lipinski definition) is 0. The number of ether oxygens (including phenoxy) is 3. The molecule has 0 aliphatic rings. The second-order valence-electron chi connectivity index (χ2n) is 19.5. The Kier molecular flexibility index (Phi) is 56.9. The molecule has 414 valence electrons. The molecule has 0 aromatic heterocycles. The fourth-order valence-electron chi connectivity index (χ4n) is 7.98. The van der Waals surface area contributed by atoms with Crippen LogP contribution >= 0.6 is 0 Å². The first-order valence-corrected chi connectivity index (χ1v) is 30.0. The lowest BCUT2D eigenvalue weighted by Crippen LogP contribution is -2.30. The van der Waals surface area contributed by atoms with E-state index in [4.69, 9.17) is 14.2 Å². The smallest absolute Gasteiger partial charge is 0.306 e. The van der Waals surface area contributed by atoms with Crippen molar-refractivity contribution in [3.8, 4) is 0 Å². The highest BCUT2D eigenvalue weighted by Crippen LogP contribution is 2.15. The average Bonchev–Trinajstić information content (AvgIpc) is 3.39. The van der Waals surface area contributed by atoms with Gasteiger partial charge in [-0.25, -0.2) is 0 Å². The van der Waals surface area contributed by atoms with Gasteiger partial charge in [-0.05, 0) is 128 Å². The quantitative estimate of drug-likeness (QED) is 0.0261. The Hall–Kier alpha value is -4.19. The Morgan fingerprint density at radius 1 is 0.288 bits per heavy atom. The van der Waals surface area contributed by atoms with Gasteiger partial charge in [0.15, 0.2) is 6.10 Å². The van der Waals surface area contributed by atoms with Crippen molar-refractivity contribution in [1.29, 1.82) is 0 Å². The third-order valence-electron chi connectivity index (χ3n) is 12.4. The van der Waals surface area contributed by atoms with Crippen LogP contribution in [-0.4, -0.2) is 37.2 Å². The van der Waals surface area contributed by atoms with Gasteiger partial charge in [-0.15, -0.1) is 0 Å². The van der Waals surface area contributed by atoms with Crippen LogP contribution in [0.4, 0.5) is 0 Å². The second-order valence-corrected chi connectivity index (χ2v) is 19.5. The molecule has 73 heavy (non-hydrogen) atoms. The van der Waals surface area contributed by atoms with E-state index in [1.807, 2.05) is 0 Å². The third-order valence-corrected chi connectivity index (χ3v) is 12.4. The van der Waals surface area contributed by atoms with Crippen LogP contribution in [0.25, 0.3) is 0 Å². The maximum atomic E-state index is 12.8. The highest BCUT2D eigenvalue weighted by molar-refractivity contribution is 5.71. The van der Waals surface area contributed by atoms with E-state index in [1.54, 1.807) is 0 Å². The van der Waals surface area contributed by atoms with E-state index in [-0.39, 0.29) is 37.5 Å². The fourth-order valence-corrected chi connectivity index (χ4v) is 7.98. The molecule has 0 amide bonds. The molecule has 0 aliphatic carbocycles. The molecule has 0 bridgehead atoms. The van der Waals surface area contributed by atoms with Crippen LogP contribution in [0.1, 0.15) is 265 Å². The molecule has 0 saturated carbocycles. The zero-order valence-corrected chi connectivity index (χ0v) is 47.4. The summed E-state index contributed by atoms with van der Waals surface area (Å²) in [6, 6.07) is 0. The monoisotopic (exact) mass is 1010 g/mol. The predicted octanol–water partition coefficient (Wildman–Crippen LogP) is 20.4. The van der Waals surface area contributed by atoms with Crippen molar-refractivity contribution in [2.75, 3.05) is 13.2 Å². The summed E-state index contributed by atoms with van der Waals surface area (Å²) >= 11 is 0. The molecule has 0 aliphatic heterocycles. The molecule has 0 N–H and O–H groups in total. The number of carbonyl (C=O) groups is 3. The number of carbonyl (C=O) groups excluding carboxylic acids is 3. The third kappa shape index (κ3) is 58.6. The van der Waals surface area contributed by atoms with Crippen molar-refractivity contribution in [2.24, 2.45) is 0 Å². The Labute approximate surface area is 450 Å². The van der Waals surface area contributed by atoms with Gasteiger partial charge >= 0.3 is 17.9 Å². The van der Waals surface area contributed by atoms with Crippen molar-refractivity contribution in [3.05, 3.63) is 122 Å². The van der Waals surface area contributed by atoms with Crippen LogP contribution in [0.3, 0.4) is 0 Å². The minimum atomic E-state index is -0.816. The molecular formula is C67H110O6. The molecule has 1 unspecified atom stereocenters. The summed E-state index contributed by atoms with van der Waals surface area (Å²) in [6.45, 7) is 6.34. The maximum absolute atomic E-state index is 12.8. The lowest BCUT2D eigenvalue weighted by Gasteiger charge is -2.18. The first-order valence-electron chi connectivity index (χ1n) is 30.0.